The quantitative estimate of drug-likeness (QED) is 0.790. The Morgan fingerprint density at radius 3 is 1.56 bits per heavy atom. The maximum Gasteiger partial charge on any atom is 0.251 e. The number of allylic oxidation sites excluding steroid dienone is 2. The van der Waals surface area contributed by atoms with Gasteiger partial charge in [-0.15, -0.1) is 0 Å². The lowest BCUT2D eigenvalue weighted by atomic mass is 9.81. The van der Waals surface area contributed by atoms with Gasteiger partial charge < -0.3 is 0 Å². The van der Waals surface area contributed by atoms with Crippen LogP contribution in [0.4, 0.5) is 0 Å². The Balaban J connectivity index is 1.72. The number of hydrogen-bond donors (Lipinski definition) is 0. The number of rotatable bonds is 2. The van der Waals surface area contributed by atoms with Crippen LogP contribution in [0.3, 0.4) is 0 Å². The number of fused-ring (bicyclic) bond motifs is 2. The van der Waals surface area contributed by atoms with Gasteiger partial charge in [0.25, 0.3) is 11.8 Å². The zero-order valence-electron chi connectivity index (χ0n) is 14.9. The Bertz CT molecular complexity index is 832. The van der Waals surface area contributed by atoms with Crippen molar-refractivity contribution in [1.82, 2.24) is 19.6 Å². The van der Waals surface area contributed by atoms with Crippen molar-refractivity contribution in [3.8, 4) is 0 Å². The van der Waals surface area contributed by atoms with Crippen molar-refractivity contribution in [2.45, 2.75) is 34.1 Å². The van der Waals surface area contributed by atoms with Gasteiger partial charge in [0, 0.05) is 11.4 Å². The maximum absolute atomic E-state index is 13.2. The van der Waals surface area contributed by atoms with E-state index in [0.717, 1.165) is 29.2 Å². The third-order valence-electron chi connectivity index (χ3n) is 5.47. The lowest BCUT2D eigenvalue weighted by Crippen LogP contribution is -2.39. The van der Waals surface area contributed by atoms with E-state index >= 15 is 0 Å². The Morgan fingerprint density at radius 2 is 1.24 bits per heavy atom. The molecule has 2 aliphatic carbocycles. The summed E-state index contributed by atoms with van der Waals surface area (Å²) in [6.45, 7) is 7.49. The number of carbonyl (C=O) groups excluding carboxylic acids is 2. The molecule has 0 aliphatic heterocycles. The normalized spacial score (nSPS) is 27.2. The molecule has 1 saturated carbocycles. The van der Waals surface area contributed by atoms with Gasteiger partial charge in [-0.3, -0.25) is 9.59 Å². The topological polar surface area (TPSA) is 69.8 Å². The standard InChI is InChI=1S/C19H22N4O2/c1-10-7-12(3)22(20-10)18(24)16-14-5-6-15(9-14)17(16)19(25)23-13(4)8-11(2)21-23/h5-8,14-17H,9H2,1-4H3/t14-,15+,16-,17+. The predicted octanol–water partition coefficient (Wildman–Crippen LogP) is 2.73. The molecule has 0 saturated heterocycles. The van der Waals surface area contributed by atoms with Gasteiger partial charge in [0.2, 0.25) is 0 Å². The summed E-state index contributed by atoms with van der Waals surface area (Å²) in [6, 6.07) is 3.78. The van der Waals surface area contributed by atoms with Crippen LogP contribution in [-0.2, 0) is 0 Å². The van der Waals surface area contributed by atoms with E-state index in [1.54, 1.807) is 0 Å². The molecule has 0 unspecified atom stereocenters. The first-order chi connectivity index (χ1) is 11.9. The molecule has 0 spiro atoms. The molecule has 0 amide bonds. The fourth-order valence-corrected chi connectivity index (χ4v) is 4.48. The van der Waals surface area contributed by atoms with Gasteiger partial charge >= 0.3 is 0 Å². The summed E-state index contributed by atoms with van der Waals surface area (Å²) in [7, 11) is 0. The summed E-state index contributed by atoms with van der Waals surface area (Å²) in [5.74, 6) is -0.696. The number of aryl methyl sites for hydroxylation is 4. The highest BCUT2D eigenvalue weighted by molar-refractivity contribution is 5.91. The fourth-order valence-electron chi connectivity index (χ4n) is 4.48. The van der Waals surface area contributed by atoms with Crippen molar-refractivity contribution in [2.24, 2.45) is 23.7 Å². The van der Waals surface area contributed by atoms with Gasteiger partial charge in [-0.1, -0.05) is 12.2 Å². The highest BCUT2D eigenvalue weighted by Crippen LogP contribution is 2.49. The van der Waals surface area contributed by atoms with E-state index < -0.39 is 0 Å². The largest absolute Gasteiger partial charge is 0.272 e. The van der Waals surface area contributed by atoms with Crippen LogP contribution in [-0.4, -0.2) is 31.4 Å². The minimum atomic E-state index is -0.371. The lowest BCUT2D eigenvalue weighted by molar-refractivity contribution is 0.0628. The zero-order chi connectivity index (χ0) is 17.9. The Morgan fingerprint density at radius 1 is 0.840 bits per heavy atom. The molecular formula is C19H22N4O2. The van der Waals surface area contributed by atoms with Crippen molar-refractivity contribution in [3.05, 3.63) is 47.1 Å². The molecule has 6 nitrogen and oxygen atoms in total. The molecule has 0 radical (unpaired) electrons. The van der Waals surface area contributed by atoms with Crippen LogP contribution in [0.25, 0.3) is 0 Å². The molecule has 0 aromatic carbocycles. The predicted molar refractivity (Wildman–Crippen MR) is 92.4 cm³/mol. The first kappa shape index (κ1) is 16.0. The van der Waals surface area contributed by atoms with Crippen molar-refractivity contribution in [2.75, 3.05) is 0 Å². The van der Waals surface area contributed by atoms with Gasteiger partial charge in [0.05, 0.1) is 23.2 Å². The molecule has 2 aliphatic rings. The van der Waals surface area contributed by atoms with E-state index in [1.807, 2.05) is 39.8 Å². The molecule has 0 N–H and O–H groups in total. The number of carbonyl (C=O) groups is 2. The van der Waals surface area contributed by atoms with E-state index in [4.69, 9.17) is 0 Å². The van der Waals surface area contributed by atoms with Crippen LogP contribution in [0.5, 0.6) is 0 Å². The van der Waals surface area contributed by atoms with E-state index in [1.165, 1.54) is 9.36 Å². The smallest absolute Gasteiger partial charge is 0.251 e. The van der Waals surface area contributed by atoms with Crippen LogP contribution in [0, 0.1) is 51.4 Å². The summed E-state index contributed by atoms with van der Waals surface area (Å²) in [5, 5.41) is 8.67. The summed E-state index contributed by atoms with van der Waals surface area (Å²) in [6.07, 6.45) is 5.03. The molecule has 130 valence electrons. The Hall–Kier alpha value is -2.50. The van der Waals surface area contributed by atoms with Gasteiger partial charge in [-0.2, -0.15) is 10.2 Å². The summed E-state index contributed by atoms with van der Waals surface area (Å²) >= 11 is 0. The van der Waals surface area contributed by atoms with E-state index in [9.17, 15) is 9.59 Å². The van der Waals surface area contributed by atoms with Gasteiger partial charge in [0.15, 0.2) is 0 Å². The molecule has 4 rings (SSSR count). The third-order valence-corrected chi connectivity index (χ3v) is 5.47. The molecule has 2 heterocycles. The van der Waals surface area contributed by atoms with Gasteiger partial charge in [-0.25, -0.2) is 9.36 Å². The second-order valence-electron chi connectivity index (χ2n) is 7.35. The summed E-state index contributed by atoms with van der Waals surface area (Å²) in [5.41, 5.74) is 3.25. The fraction of sp³-hybridized carbons (Fsp3) is 0.474. The zero-order valence-corrected chi connectivity index (χ0v) is 14.9. The SMILES string of the molecule is Cc1cc(C)n(C(=O)[C@@H]2[C@H](C(=O)n3nc(C)cc3C)[C@@H]3C=C[C@H]2C3)n1. The van der Waals surface area contributed by atoms with Crippen molar-refractivity contribution in [3.63, 3.8) is 0 Å². The van der Waals surface area contributed by atoms with Gasteiger partial charge in [0.1, 0.15) is 0 Å². The maximum atomic E-state index is 13.2. The Kier molecular flexibility index (Phi) is 3.52. The molecule has 6 heteroatoms. The van der Waals surface area contributed by atoms with Crippen LogP contribution in [0.15, 0.2) is 24.3 Å². The molecule has 1 fully saturated rings. The van der Waals surface area contributed by atoms with E-state index in [2.05, 4.69) is 22.3 Å². The number of hydrogen-bond acceptors (Lipinski definition) is 4. The van der Waals surface area contributed by atoms with Crippen LogP contribution in [0.1, 0.15) is 38.8 Å². The minimum Gasteiger partial charge on any atom is -0.272 e. The molecular weight excluding hydrogens is 316 g/mol. The average Bonchev–Trinajstić information content (AvgIpc) is 3.29. The van der Waals surface area contributed by atoms with Crippen molar-refractivity contribution < 1.29 is 9.59 Å². The van der Waals surface area contributed by atoms with Crippen LogP contribution < -0.4 is 0 Å². The molecule has 25 heavy (non-hydrogen) atoms. The van der Waals surface area contributed by atoms with Gasteiger partial charge in [-0.05, 0) is 58.1 Å². The van der Waals surface area contributed by atoms with Crippen LogP contribution in [0.2, 0.25) is 0 Å². The summed E-state index contributed by atoms with van der Waals surface area (Å²) in [4.78, 5) is 26.4. The van der Waals surface area contributed by atoms with Crippen LogP contribution >= 0.6 is 0 Å². The highest BCUT2D eigenvalue weighted by Gasteiger charge is 2.52. The van der Waals surface area contributed by atoms with E-state index in [-0.39, 0.29) is 35.5 Å². The molecule has 2 aromatic rings. The molecule has 2 aromatic heterocycles. The van der Waals surface area contributed by atoms with E-state index in [0.29, 0.717) is 0 Å². The minimum absolute atomic E-state index is 0.0812. The first-order valence-electron chi connectivity index (χ1n) is 8.70. The lowest BCUT2D eigenvalue weighted by Gasteiger charge is -2.26. The first-order valence-corrected chi connectivity index (χ1v) is 8.70. The number of nitrogens with zero attached hydrogens (tertiary/aromatic N) is 4. The summed E-state index contributed by atoms with van der Waals surface area (Å²) < 4.78 is 2.94. The van der Waals surface area contributed by atoms with Crippen molar-refractivity contribution in [1.29, 1.82) is 0 Å². The molecule has 2 bridgehead atoms. The monoisotopic (exact) mass is 338 g/mol. The second kappa shape index (κ2) is 5.51. The molecule has 4 atom stereocenters. The average molecular weight is 338 g/mol. The second-order valence-corrected chi connectivity index (χ2v) is 7.35. The van der Waals surface area contributed by atoms with Crippen molar-refractivity contribution >= 4 is 11.8 Å². The third kappa shape index (κ3) is 2.39. The Labute approximate surface area is 146 Å². The number of aromatic nitrogens is 4. The highest BCUT2D eigenvalue weighted by atomic mass is 16.2.